The van der Waals surface area contributed by atoms with Gasteiger partial charge in [0.1, 0.15) is 5.82 Å². The van der Waals surface area contributed by atoms with Crippen molar-refractivity contribution in [1.29, 1.82) is 0 Å². The normalized spacial score (nSPS) is 13.5. The largest absolute Gasteiger partial charge is 0.330 e. The first-order valence-corrected chi connectivity index (χ1v) is 13.4. The van der Waals surface area contributed by atoms with Crippen LogP contribution in [-0.4, -0.2) is 40.9 Å². The van der Waals surface area contributed by atoms with Gasteiger partial charge in [-0.05, 0) is 67.7 Å². The number of benzene rings is 2. The van der Waals surface area contributed by atoms with Crippen LogP contribution in [0.2, 0.25) is 0 Å². The molecular weight excluding hydrogens is 520 g/mol. The van der Waals surface area contributed by atoms with E-state index in [-0.39, 0.29) is 24.4 Å². The average molecular weight is 557 g/mol. The number of fused-ring (bicyclic) bond motifs is 1. The summed E-state index contributed by atoms with van der Waals surface area (Å²) in [7, 11) is 1.66. The Morgan fingerprint density at radius 1 is 1.10 bits per heavy atom. The van der Waals surface area contributed by atoms with Gasteiger partial charge in [0, 0.05) is 35.9 Å². The number of anilines is 6. The van der Waals surface area contributed by atoms with Gasteiger partial charge in [-0.3, -0.25) is 19.4 Å². The van der Waals surface area contributed by atoms with Gasteiger partial charge in [0.05, 0.1) is 18.3 Å². The topological polar surface area (TPSA) is 146 Å². The molecule has 0 saturated heterocycles. The number of hydrogen-bond acceptors (Lipinski definition) is 7. The lowest BCUT2D eigenvalue weighted by Crippen LogP contribution is -2.46. The quantitative estimate of drug-likeness (QED) is 0.276. The van der Waals surface area contributed by atoms with Gasteiger partial charge in [0.2, 0.25) is 17.8 Å². The van der Waals surface area contributed by atoms with Gasteiger partial charge >= 0.3 is 6.03 Å². The predicted molar refractivity (Wildman–Crippen MR) is 163 cm³/mol. The number of urea groups is 1. The second-order valence-electron chi connectivity index (χ2n) is 10.5. The molecule has 214 valence electrons. The van der Waals surface area contributed by atoms with Crippen molar-refractivity contribution in [2.24, 2.45) is 11.7 Å². The highest BCUT2D eigenvalue weighted by molar-refractivity contribution is 6.06. The van der Waals surface area contributed by atoms with Crippen molar-refractivity contribution in [3.63, 3.8) is 0 Å². The number of carbonyl (C=O) groups excluding carboxylic acids is 3. The van der Waals surface area contributed by atoms with E-state index in [0.29, 0.717) is 46.9 Å². The van der Waals surface area contributed by atoms with Crippen LogP contribution in [0.1, 0.15) is 37.0 Å². The van der Waals surface area contributed by atoms with Crippen molar-refractivity contribution in [2.75, 3.05) is 32.8 Å². The Labute approximate surface area is 239 Å². The molecule has 0 fully saturated rings. The predicted octanol–water partition coefficient (Wildman–Crippen LogP) is 4.85. The fourth-order valence-corrected chi connectivity index (χ4v) is 4.53. The molecule has 4 amide bonds. The van der Waals surface area contributed by atoms with E-state index < -0.39 is 6.04 Å². The summed E-state index contributed by atoms with van der Waals surface area (Å²) >= 11 is 0. The second kappa shape index (κ2) is 12.2. The first kappa shape index (κ1) is 29.2. The molecule has 2 aromatic carbocycles. The number of nitrogens with zero attached hydrogens (tertiary/aromatic N) is 4. The lowest BCUT2D eigenvalue weighted by molar-refractivity contribution is -0.117. The maximum Gasteiger partial charge on any atom is 0.330 e. The molecule has 41 heavy (non-hydrogen) atoms. The summed E-state index contributed by atoms with van der Waals surface area (Å²) in [4.78, 5) is 50.0. The molecule has 1 aliphatic heterocycles. The lowest BCUT2D eigenvalue weighted by atomic mass is 10.0. The minimum absolute atomic E-state index is 0.256. The molecule has 0 radical (unpaired) electrons. The van der Waals surface area contributed by atoms with E-state index in [0.717, 1.165) is 16.7 Å². The van der Waals surface area contributed by atoms with Crippen LogP contribution >= 0.6 is 0 Å². The average Bonchev–Trinajstić information content (AvgIpc) is 2.93. The fourth-order valence-electron chi connectivity index (χ4n) is 4.53. The number of aryl methyl sites for hydroxylation is 2. The smallest absolute Gasteiger partial charge is 0.325 e. The highest BCUT2D eigenvalue weighted by Crippen LogP contribution is 2.33. The van der Waals surface area contributed by atoms with E-state index in [1.807, 2.05) is 45.9 Å². The summed E-state index contributed by atoms with van der Waals surface area (Å²) in [5.74, 6) is 0.511. The van der Waals surface area contributed by atoms with Crippen molar-refractivity contribution in [3.8, 4) is 0 Å². The molecule has 2 heterocycles. The minimum atomic E-state index is -0.619. The molecule has 0 bridgehead atoms. The SMILES string of the molecule is C=CC(=O)Nc1cc(Nc2ncc3c(n2)N(C)C(=O)N(c2cc(NC(=O)[C@@H](N)CC(C)C)ccc2C)C3)ccc1C. The van der Waals surface area contributed by atoms with Gasteiger partial charge in [0.25, 0.3) is 0 Å². The van der Waals surface area contributed by atoms with Crippen molar-refractivity contribution in [1.82, 2.24) is 9.97 Å². The Balaban J connectivity index is 1.55. The van der Waals surface area contributed by atoms with Crippen LogP contribution in [0.5, 0.6) is 0 Å². The van der Waals surface area contributed by atoms with Crippen LogP contribution in [0.15, 0.2) is 55.3 Å². The Morgan fingerprint density at radius 3 is 2.51 bits per heavy atom. The van der Waals surface area contributed by atoms with Crippen LogP contribution in [0, 0.1) is 19.8 Å². The van der Waals surface area contributed by atoms with E-state index in [1.54, 1.807) is 36.3 Å². The molecule has 3 aromatic rings. The zero-order chi connectivity index (χ0) is 29.8. The molecule has 1 aliphatic rings. The Hall–Kier alpha value is -4.77. The summed E-state index contributed by atoms with van der Waals surface area (Å²) in [5, 5.41) is 8.79. The first-order chi connectivity index (χ1) is 19.5. The van der Waals surface area contributed by atoms with Crippen LogP contribution in [0.3, 0.4) is 0 Å². The zero-order valence-electron chi connectivity index (χ0n) is 24.0. The summed E-state index contributed by atoms with van der Waals surface area (Å²) in [5.41, 5.74) is 11.1. The standard InChI is InChI=1S/C30H36N8O3/c1-7-26(39)35-24-13-21(10-8-18(24)4)34-29-32-15-20-16-38(30(41)37(6)27(20)36-29)25-14-22(11-9-19(25)5)33-28(40)23(31)12-17(2)3/h7-11,13-15,17,23H,1,12,16,31H2,2-6H3,(H,33,40)(H,35,39)(H,32,34,36)/t23-/m0/s1. The first-order valence-electron chi connectivity index (χ1n) is 13.4. The van der Waals surface area contributed by atoms with Crippen LogP contribution in [0.25, 0.3) is 0 Å². The van der Waals surface area contributed by atoms with Gasteiger partial charge in [-0.15, -0.1) is 0 Å². The molecule has 0 aliphatic carbocycles. The third-order valence-electron chi connectivity index (χ3n) is 6.77. The molecule has 5 N–H and O–H groups in total. The van der Waals surface area contributed by atoms with Gasteiger partial charge in [-0.25, -0.2) is 9.78 Å². The molecule has 0 spiro atoms. The number of amides is 4. The molecular formula is C30H36N8O3. The molecule has 1 aromatic heterocycles. The van der Waals surface area contributed by atoms with Gasteiger partial charge < -0.3 is 21.7 Å². The Morgan fingerprint density at radius 2 is 1.80 bits per heavy atom. The summed E-state index contributed by atoms with van der Waals surface area (Å²) in [6.45, 7) is 11.6. The van der Waals surface area contributed by atoms with Crippen LogP contribution in [-0.2, 0) is 16.1 Å². The number of rotatable bonds is 9. The van der Waals surface area contributed by atoms with E-state index >= 15 is 0 Å². The highest BCUT2D eigenvalue weighted by Gasteiger charge is 2.31. The molecule has 0 unspecified atom stereocenters. The molecule has 4 rings (SSSR count). The summed E-state index contributed by atoms with van der Waals surface area (Å²) in [6, 6.07) is 10.0. The van der Waals surface area contributed by atoms with Crippen molar-refractivity contribution >= 4 is 52.4 Å². The van der Waals surface area contributed by atoms with Gasteiger partial charge in [-0.1, -0.05) is 32.6 Å². The van der Waals surface area contributed by atoms with E-state index in [1.165, 1.54) is 11.0 Å². The van der Waals surface area contributed by atoms with Gasteiger partial charge in [-0.2, -0.15) is 4.98 Å². The fraction of sp³-hybridized carbons (Fsp3) is 0.300. The second-order valence-corrected chi connectivity index (χ2v) is 10.5. The zero-order valence-corrected chi connectivity index (χ0v) is 24.0. The Bertz CT molecular complexity index is 1500. The highest BCUT2D eigenvalue weighted by atomic mass is 16.2. The van der Waals surface area contributed by atoms with Crippen molar-refractivity contribution in [3.05, 3.63) is 71.9 Å². The maximum absolute atomic E-state index is 13.5. The molecule has 0 saturated carbocycles. The van der Waals surface area contributed by atoms with Gasteiger partial charge in [0.15, 0.2) is 0 Å². The third kappa shape index (κ3) is 6.69. The lowest BCUT2D eigenvalue weighted by Gasteiger charge is -2.35. The summed E-state index contributed by atoms with van der Waals surface area (Å²) in [6.07, 6.45) is 3.46. The maximum atomic E-state index is 13.5. The molecule has 1 atom stereocenters. The van der Waals surface area contributed by atoms with Crippen molar-refractivity contribution < 1.29 is 14.4 Å². The molecule has 11 heteroatoms. The minimum Gasteiger partial charge on any atom is -0.325 e. The van der Waals surface area contributed by atoms with E-state index in [4.69, 9.17) is 5.73 Å². The number of hydrogen-bond donors (Lipinski definition) is 4. The third-order valence-corrected chi connectivity index (χ3v) is 6.77. The van der Waals surface area contributed by atoms with Crippen LogP contribution in [0.4, 0.5) is 39.3 Å². The van der Waals surface area contributed by atoms with E-state index in [2.05, 4.69) is 32.5 Å². The number of nitrogens with two attached hydrogens (primary N) is 1. The monoisotopic (exact) mass is 556 g/mol. The number of aromatic nitrogens is 2. The summed E-state index contributed by atoms with van der Waals surface area (Å²) < 4.78 is 0. The number of nitrogens with one attached hydrogen (secondary N) is 3. The van der Waals surface area contributed by atoms with E-state index in [9.17, 15) is 14.4 Å². The van der Waals surface area contributed by atoms with Crippen molar-refractivity contribution in [2.45, 2.75) is 46.7 Å². The van der Waals surface area contributed by atoms with Crippen LogP contribution < -0.4 is 31.5 Å². The Kier molecular flexibility index (Phi) is 8.68. The molecule has 11 nitrogen and oxygen atoms in total. The number of carbonyl (C=O) groups is 3.